The number of benzene rings is 1. The van der Waals surface area contributed by atoms with Gasteiger partial charge in [-0.1, -0.05) is 0 Å². The summed E-state index contributed by atoms with van der Waals surface area (Å²) >= 11 is 0. The van der Waals surface area contributed by atoms with E-state index in [-0.39, 0.29) is 17.7 Å². The topological polar surface area (TPSA) is 60.8 Å². The van der Waals surface area contributed by atoms with E-state index in [1.165, 1.54) is 18.2 Å². The van der Waals surface area contributed by atoms with Crippen molar-refractivity contribution in [3.63, 3.8) is 0 Å². The molecule has 1 aromatic rings. The summed E-state index contributed by atoms with van der Waals surface area (Å²) in [7, 11) is 0. The number of rotatable bonds is 3. The fraction of sp³-hybridized carbons (Fsp3) is 0.417. The molecular weight excluding hydrogens is 225 g/mol. The van der Waals surface area contributed by atoms with E-state index in [4.69, 9.17) is 5.11 Å². The second-order valence-electron chi connectivity index (χ2n) is 4.37. The SMILES string of the molecule is CC(c1cc(F)ccc1O)N1CC(C(=O)O)C1. The van der Waals surface area contributed by atoms with E-state index in [9.17, 15) is 14.3 Å². The van der Waals surface area contributed by atoms with E-state index in [2.05, 4.69) is 0 Å². The highest BCUT2D eigenvalue weighted by Crippen LogP contribution is 2.33. The van der Waals surface area contributed by atoms with Crippen LogP contribution in [0.15, 0.2) is 18.2 Å². The second kappa shape index (κ2) is 4.33. The summed E-state index contributed by atoms with van der Waals surface area (Å²) in [6, 6.07) is 3.62. The molecule has 1 heterocycles. The fourth-order valence-corrected chi connectivity index (χ4v) is 2.04. The molecule has 0 aromatic heterocycles. The minimum atomic E-state index is -0.808. The van der Waals surface area contributed by atoms with Gasteiger partial charge in [-0.15, -0.1) is 0 Å². The number of aromatic hydroxyl groups is 1. The van der Waals surface area contributed by atoms with Crippen molar-refractivity contribution in [2.45, 2.75) is 13.0 Å². The van der Waals surface area contributed by atoms with E-state index >= 15 is 0 Å². The van der Waals surface area contributed by atoms with Crippen LogP contribution in [0, 0.1) is 11.7 Å². The molecule has 0 bridgehead atoms. The smallest absolute Gasteiger partial charge is 0.309 e. The van der Waals surface area contributed by atoms with Crippen molar-refractivity contribution in [3.8, 4) is 5.75 Å². The number of hydrogen-bond acceptors (Lipinski definition) is 3. The van der Waals surface area contributed by atoms with Gasteiger partial charge in [-0.3, -0.25) is 9.69 Å². The molecule has 17 heavy (non-hydrogen) atoms. The van der Waals surface area contributed by atoms with Gasteiger partial charge in [0.2, 0.25) is 0 Å². The van der Waals surface area contributed by atoms with Crippen LogP contribution in [-0.2, 0) is 4.79 Å². The first-order valence-electron chi connectivity index (χ1n) is 5.44. The summed E-state index contributed by atoms with van der Waals surface area (Å²) in [6.07, 6.45) is 0. The Kier molecular flexibility index (Phi) is 3.02. The Hall–Kier alpha value is -1.62. The van der Waals surface area contributed by atoms with E-state index < -0.39 is 11.8 Å². The minimum Gasteiger partial charge on any atom is -0.508 e. The van der Waals surface area contributed by atoms with Gasteiger partial charge in [-0.05, 0) is 25.1 Å². The molecule has 2 rings (SSSR count). The molecular formula is C12H14FNO3. The van der Waals surface area contributed by atoms with Crippen LogP contribution in [0.5, 0.6) is 5.75 Å². The fourth-order valence-electron chi connectivity index (χ4n) is 2.04. The van der Waals surface area contributed by atoms with Gasteiger partial charge in [0.25, 0.3) is 0 Å². The highest BCUT2D eigenvalue weighted by molar-refractivity contribution is 5.71. The molecule has 5 heteroatoms. The molecule has 1 unspecified atom stereocenters. The van der Waals surface area contributed by atoms with Gasteiger partial charge in [0.05, 0.1) is 5.92 Å². The van der Waals surface area contributed by atoms with E-state index in [1.807, 2.05) is 11.8 Å². The average Bonchev–Trinajstić information content (AvgIpc) is 2.18. The van der Waals surface area contributed by atoms with Crippen LogP contribution in [-0.4, -0.2) is 34.2 Å². The van der Waals surface area contributed by atoms with Crippen molar-refractivity contribution in [1.82, 2.24) is 4.90 Å². The van der Waals surface area contributed by atoms with Crippen molar-refractivity contribution in [2.75, 3.05) is 13.1 Å². The number of carboxylic acid groups (broad SMARTS) is 1. The molecule has 1 saturated heterocycles. The van der Waals surface area contributed by atoms with Crippen molar-refractivity contribution >= 4 is 5.97 Å². The van der Waals surface area contributed by atoms with Gasteiger partial charge in [-0.2, -0.15) is 0 Å². The molecule has 1 aliphatic heterocycles. The highest BCUT2D eigenvalue weighted by Gasteiger charge is 2.36. The lowest BCUT2D eigenvalue weighted by atomic mass is 9.95. The summed E-state index contributed by atoms with van der Waals surface area (Å²) in [4.78, 5) is 12.6. The molecule has 1 aliphatic rings. The zero-order valence-electron chi connectivity index (χ0n) is 9.43. The van der Waals surface area contributed by atoms with Crippen LogP contribution in [0.4, 0.5) is 4.39 Å². The van der Waals surface area contributed by atoms with Crippen molar-refractivity contribution in [2.24, 2.45) is 5.92 Å². The van der Waals surface area contributed by atoms with Crippen LogP contribution in [0.2, 0.25) is 0 Å². The first kappa shape index (κ1) is 11.9. The summed E-state index contributed by atoms with van der Waals surface area (Å²) in [5, 5.41) is 18.4. The number of phenolic OH excluding ortho intramolecular Hbond substituents is 1. The third-order valence-corrected chi connectivity index (χ3v) is 3.25. The number of hydrogen-bond donors (Lipinski definition) is 2. The molecule has 2 N–H and O–H groups in total. The standard InChI is InChI=1S/C12H14FNO3/c1-7(14-5-8(6-14)12(16)17)10-4-9(13)2-3-11(10)15/h2-4,7-8,15H,5-6H2,1H3,(H,16,17). The third-order valence-electron chi connectivity index (χ3n) is 3.25. The van der Waals surface area contributed by atoms with Gasteiger partial charge in [0.1, 0.15) is 11.6 Å². The Morgan fingerprint density at radius 2 is 2.18 bits per heavy atom. The summed E-state index contributed by atoms with van der Waals surface area (Å²) < 4.78 is 13.1. The molecule has 4 nitrogen and oxygen atoms in total. The molecule has 0 aliphatic carbocycles. The zero-order chi connectivity index (χ0) is 12.6. The van der Waals surface area contributed by atoms with E-state index in [0.717, 1.165) is 0 Å². The van der Waals surface area contributed by atoms with Crippen LogP contribution < -0.4 is 0 Å². The van der Waals surface area contributed by atoms with Crippen LogP contribution in [0.25, 0.3) is 0 Å². The van der Waals surface area contributed by atoms with Crippen molar-refractivity contribution in [3.05, 3.63) is 29.6 Å². The molecule has 0 spiro atoms. The number of aliphatic carboxylic acids is 1. The number of carboxylic acids is 1. The Morgan fingerprint density at radius 3 is 2.76 bits per heavy atom. The molecule has 0 amide bonds. The summed E-state index contributed by atoms with van der Waals surface area (Å²) in [5.74, 6) is -1.53. The Morgan fingerprint density at radius 1 is 1.53 bits per heavy atom. The van der Waals surface area contributed by atoms with Crippen LogP contribution in [0.1, 0.15) is 18.5 Å². The number of phenols is 1. The maximum atomic E-state index is 13.1. The monoisotopic (exact) mass is 239 g/mol. The van der Waals surface area contributed by atoms with Crippen molar-refractivity contribution < 1.29 is 19.4 Å². The lowest BCUT2D eigenvalue weighted by Gasteiger charge is -2.41. The van der Waals surface area contributed by atoms with Crippen LogP contribution in [0.3, 0.4) is 0 Å². The van der Waals surface area contributed by atoms with E-state index in [1.54, 1.807) is 0 Å². The molecule has 1 aromatic carbocycles. The predicted molar refractivity (Wildman–Crippen MR) is 59.2 cm³/mol. The summed E-state index contributed by atoms with van der Waals surface area (Å²) in [5.41, 5.74) is 0.494. The first-order chi connectivity index (χ1) is 7.99. The van der Waals surface area contributed by atoms with Crippen LogP contribution >= 0.6 is 0 Å². The van der Waals surface area contributed by atoms with Gasteiger partial charge >= 0.3 is 5.97 Å². The quantitative estimate of drug-likeness (QED) is 0.841. The number of halogens is 1. The van der Waals surface area contributed by atoms with Gasteiger partial charge in [0, 0.05) is 24.7 Å². The summed E-state index contributed by atoms with van der Waals surface area (Å²) in [6.45, 7) is 2.70. The first-order valence-corrected chi connectivity index (χ1v) is 5.44. The van der Waals surface area contributed by atoms with Crippen molar-refractivity contribution in [1.29, 1.82) is 0 Å². The molecule has 0 radical (unpaired) electrons. The normalized spacial score (nSPS) is 18.7. The number of nitrogens with zero attached hydrogens (tertiary/aromatic N) is 1. The number of carbonyl (C=O) groups is 1. The Balaban J connectivity index is 2.08. The zero-order valence-corrected chi connectivity index (χ0v) is 9.43. The van der Waals surface area contributed by atoms with Gasteiger partial charge in [-0.25, -0.2) is 4.39 Å². The van der Waals surface area contributed by atoms with Gasteiger partial charge in [0.15, 0.2) is 0 Å². The van der Waals surface area contributed by atoms with Gasteiger partial charge < -0.3 is 10.2 Å². The lowest BCUT2D eigenvalue weighted by Crippen LogP contribution is -2.51. The molecule has 1 atom stereocenters. The Labute approximate surface area is 98.3 Å². The third kappa shape index (κ3) is 2.24. The lowest BCUT2D eigenvalue weighted by molar-refractivity contribution is -0.148. The van der Waals surface area contributed by atoms with E-state index in [0.29, 0.717) is 18.7 Å². The largest absolute Gasteiger partial charge is 0.508 e. The predicted octanol–water partition coefficient (Wildman–Crippen LogP) is 1.61. The average molecular weight is 239 g/mol. The maximum Gasteiger partial charge on any atom is 0.309 e. The second-order valence-corrected chi connectivity index (χ2v) is 4.37. The highest BCUT2D eigenvalue weighted by atomic mass is 19.1. The minimum absolute atomic E-state index is 0.0395. The molecule has 92 valence electrons. The maximum absolute atomic E-state index is 13.1. The molecule has 0 saturated carbocycles. The Bertz CT molecular complexity index is 443. The number of likely N-dealkylation sites (tertiary alicyclic amines) is 1. The molecule has 1 fully saturated rings.